The first kappa shape index (κ1) is 22.0. The van der Waals surface area contributed by atoms with Crippen LogP contribution in [0.3, 0.4) is 0 Å². The zero-order valence-electron chi connectivity index (χ0n) is 17.9. The minimum Gasteiger partial charge on any atom is -0.340 e. The highest BCUT2D eigenvalue weighted by Crippen LogP contribution is 2.33. The molecule has 4 nitrogen and oxygen atoms in total. The Hall–Kier alpha value is -1.69. The lowest BCUT2D eigenvalue weighted by molar-refractivity contribution is 0.101. The summed E-state index contributed by atoms with van der Waals surface area (Å²) in [5.41, 5.74) is 3.11. The monoisotopic (exact) mass is 430 g/mol. The lowest BCUT2D eigenvalue weighted by Gasteiger charge is -2.50. The summed E-state index contributed by atoms with van der Waals surface area (Å²) in [6, 6.07) is 12.1. The molecule has 0 atom stereocenters. The van der Waals surface area contributed by atoms with E-state index in [2.05, 4.69) is 61.2 Å². The number of anilines is 1. The molecule has 2 aromatic rings. The Morgan fingerprint density at radius 3 is 2.52 bits per heavy atom. The fraction of sp³-hybridized carbons (Fsp3) is 0.478. The van der Waals surface area contributed by atoms with Gasteiger partial charge in [-0.15, -0.1) is 0 Å². The molecule has 1 aromatic heterocycles. The Labute approximate surface area is 185 Å². The second-order valence-corrected chi connectivity index (χ2v) is 10.1. The SMILES string of the molecule is Cc1ccc(Cl)cc1NC(=S)N(Cc1ccccn1)C1CC(C)(C)NC(C)(C)C1. The van der Waals surface area contributed by atoms with Crippen LogP contribution in [0.1, 0.15) is 51.8 Å². The third-order valence-corrected chi connectivity index (χ3v) is 5.94. The molecule has 1 aliphatic rings. The summed E-state index contributed by atoms with van der Waals surface area (Å²) < 4.78 is 0. The third-order valence-electron chi connectivity index (χ3n) is 5.37. The lowest BCUT2D eigenvalue weighted by Crippen LogP contribution is -2.63. The number of piperidine rings is 1. The average Bonchev–Trinajstić information content (AvgIpc) is 2.61. The van der Waals surface area contributed by atoms with Gasteiger partial charge in [-0.2, -0.15) is 0 Å². The zero-order valence-corrected chi connectivity index (χ0v) is 19.5. The molecule has 0 bridgehead atoms. The van der Waals surface area contributed by atoms with Crippen molar-refractivity contribution in [2.24, 2.45) is 0 Å². The number of hydrogen-bond donors (Lipinski definition) is 2. The topological polar surface area (TPSA) is 40.2 Å². The zero-order chi connectivity index (χ0) is 21.2. The van der Waals surface area contributed by atoms with Crippen LogP contribution in [-0.4, -0.2) is 32.1 Å². The van der Waals surface area contributed by atoms with Gasteiger partial charge < -0.3 is 15.5 Å². The summed E-state index contributed by atoms with van der Waals surface area (Å²) in [6.07, 6.45) is 3.83. The van der Waals surface area contributed by atoms with Gasteiger partial charge in [-0.05, 0) is 89.5 Å². The van der Waals surface area contributed by atoms with E-state index in [4.69, 9.17) is 23.8 Å². The highest BCUT2D eigenvalue weighted by molar-refractivity contribution is 7.80. The molecule has 6 heteroatoms. The highest BCUT2D eigenvalue weighted by atomic mass is 35.5. The Bertz CT molecular complexity index is 850. The molecule has 3 rings (SSSR count). The van der Waals surface area contributed by atoms with E-state index in [1.54, 1.807) is 0 Å². The molecule has 1 aliphatic heterocycles. The van der Waals surface area contributed by atoms with Gasteiger partial charge in [0, 0.05) is 34.0 Å². The van der Waals surface area contributed by atoms with Crippen molar-refractivity contribution >= 4 is 34.6 Å². The number of benzene rings is 1. The molecule has 1 fully saturated rings. The van der Waals surface area contributed by atoms with Gasteiger partial charge in [-0.1, -0.05) is 23.7 Å². The normalized spacial score (nSPS) is 18.3. The maximum absolute atomic E-state index is 6.22. The number of aryl methyl sites for hydroxylation is 1. The van der Waals surface area contributed by atoms with E-state index in [1.807, 2.05) is 36.5 Å². The smallest absolute Gasteiger partial charge is 0.174 e. The molecule has 0 radical (unpaired) electrons. The molecule has 1 aromatic carbocycles. The van der Waals surface area contributed by atoms with Crippen LogP contribution in [0.15, 0.2) is 42.6 Å². The van der Waals surface area contributed by atoms with Crippen LogP contribution >= 0.6 is 23.8 Å². The standard InChI is InChI=1S/C23H31ClN4S/c1-16-9-10-17(24)12-20(16)26-21(29)28(15-18-8-6-7-11-25-18)19-13-22(2,3)27-23(4,5)14-19/h6-12,19,27H,13-15H2,1-5H3,(H,26,29). The van der Waals surface area contributed by atoms with Gasteiger partial charge in [0.25, 0.3) is 0 Å². The van der Waals surface area contributed by atoms with Crippen LogP contribution < -0.4 is 10.6 Å². The van der Waals surface area contributed by atoms with E-state index >= 15 is 0 Å². The summed E-state index contributed by atoms with van der Waals surface area (Å²) in [6.45, 7) is 11.8. The first-order valence-corrected chi connectivity index (χ1v) is 10.9. The van der Waals surface area contributed by atoms with Gasteiger partial charge >= 0.3 is 0 Å². The average molecular weight is 431 g/mol. The quantitative estimate of drug-likeness (QED) is 0.622. The van der Waals surface area contributed by atoms with E-state index in [0.29, 0.717) is 22.7 Å². The predicted molar refractivity (Wildman–Crippen MR) is 127 cm³/mol. The molecule has 0 spiro atoms. The summed E-state index contributed by atoms with van der Waals surface area (Å²) in [5.74, 6) is 0. The van der Waals surface area contributed by atoms with Crippen molar-refractivity contribution in [2.75, 3.05) is 5.32 Å². The van der Waals surface area contributed by atoms with E-state index in [9.17, 15) is 0 Å². The molecule has 0 unspecified atom stereocenters. The van der Waals surface area contributed by atoms with Crippen molar-refractivity contribution < 1.29 is 0 Å². The fourth-order valence-electron chi connectivity index (χ4n) is 4.44. The molecule has 1 saturated heterocycles. The molecule has 2 heterocycles. The van der Waals surface area contributed by atoms with Crippen molar-refractivity contribution in [1.29, 1.82) is 0 Å². The molecular formula is C23H31ClN4S. The van der Waals surface area contributed by atoms with Crippen LogP contribution in [-0.2, 0) is 6.54 Å². The first-order valence-electron chi connectivity index (χ1n) is 10.1. The molecule has 0 aliphatic carbocycles. The predicted octanol–water partition coefficient (Wildman–Crippen LogP) is 5.55. The number of rotatable bonds is 4. The van der Waals surface area contributed by atoms with Gasteiger partial charge in [0.05, 0.1) is 12.2 Å². The van der Waals surface area contributed by atoms with Crippen molar-refractivity contribution in [3.05, 3.63) is 58.9 Å². The number of aromatic nitrogens is 1. The molecule has 29 heavy (non-hydrogen) atoms. The molecule has 0 saturated carbocycles. The second kappa shape index (κ2) is 8.58. The van der Waals surface area contributed by atoms with Crippen molar-refractivity contribution in [3.63, 3.8) is 0 Å². The van der Waals surface area contributed by atoms with E-state index < -0.39 is 0 Å². The summed E-state index contributed by atoms with van der Waals surface area (Å²) in [7, 11) is 0. The van der Waals surface area contributed by atoms with Crippen LogP contribution in [0.25, 0.3) is 0 Å². The first-order chi connectivity index (χ1) is 13.5. The van der Waals surface area contributed by atoms with Crippen LogP contribution in [0, 0.1) is 6.92 Å². The minimum atomic E-state index is 0.0242. The van der Waals surface area contributed by atoms with Crippen molar-refractivity contribution in [1.82, 2.24) is 15.2 Å². The summed E-state index contributed by atoms with van der Waals surface area (Å²) in [5, 5.41) is 8.61. The number of nitrogens with one attached hydrogen (secondary N) is 2. The van der Waals surface area contributed by atoms with Crippen LogP contribution in [0.4, 0.5) is 5.69 Å². The Morgan fingerprint density at radius 2 is 1.90 bits per heavy atom. The summed E-state index contributed by atoms with van der Waals surface area (Å²) >= 11 is 12.1. The van der Waals surface area contributed by atoms with Gasteiger partial charge in [0.2, 0.25) is 0 Å². The number of hydrogen-bond acceptors (Lipinski definition) is 3. The van der Waals surface area contributed by atoms with Crippen LogP contribution in [0.2, 0.25) is 5.02 Å². The number of pyridine rings is 1. The maximum Gasteiger partial charge on any atom is 0.174 e. The van der Waals surface area contributed by atoms with E-state index in [1.165, 1.54) is 0 Å². The van der Waals surface area contributed by atoms with Crippen molar-refractivity contribution in [3.8, 4) is 0 Å². The summed E-state index contributed by atoms with van der Waals surface area (Å²) in [4.78, 5) is 6.84. The van der Waals surface area contributed by atoms with Gasteiger partial charge in [-0.3, -0.25) is 4.98 Å². The Kier molecular flexibility index (Phi) is 6.51. The Morgan fingerprint density at radius 1 is 1.21 bits per heavy atom. The number of nitrogens with zero attached hydrogens (tertiary/aromatic N) is 2. The fourth-order valence-corrected chi connectivity index (χ4v) is 4.93. The van der Waals surface area contributed by atoms with Gasteiger partial charge in [0.15, 0.2) is 5.11 Å². The molecule has 0 amide bonds. The third kappa shape index (κ3) is 5.91. The van der Waals surface area contributed by atoms with Gasteiger partial charge in [-0.25, -0.2) is 0 Å². The second-order valence-electron chi connectivity index (χ2n) is 9.29. The Balaban J connectivity index is 1.90. The lowest BCUT2D eigenvalue weighted by atomic mass is 9.79. The minimum absolute atomic E-state index is 0.0242. The van der Waals surface area contributed by atoms with E-state index in [-0.39, 0.29) is 11.1 Å². The van der Waals surface area contributed by atoms with E-state index in [0.717, 1.165) is 29.8 Å². The van der Waals surface area contributed by atoms with Crippen LogP contribution in [0.5, 0.6) is 0 Å². The van der Waals surface area contributed by atoms with Crippen molar-refractivity contribution in [2.45, 2.75) is 71.1 Å². The molecule has 156 valence electrons. The molecule has 2 N–H and O–H groups in total. The number of thiocarbonyl (C=S) groups is 1. The highest BCUT2D eigenvalue weighted by Gasteiger charge is 2.40. The molecular weight excluding hydrogens is 400 g/mol. The number of halogens is 1. The maximum atomic E-state index is 6.22. The van der Waals surface area contributed by atoms with Gasteiger partial charge in [0.1, 0.15) is 0 Å². The largest absolute Gasteiger partial charge is 0.340 e.